The van der Waals surface area contributed by atoms with Gasteiger partial charge in [0.05, 0.1) is 6.10 Å². The zero-order valence-corrected chi connectivity index (χ0v) is 15.0. The molecule has 0 unspecified atom stereocenters. The molecule has 0 amide bonds. The molecule has 2 N–H and O–H groups in total. The molecule has 0 saturated heterocycles. The quantitative estimate of drug-likeness (QED) is 0.743. The highest BCUT2D eigenvalue weighted by molar-refractivity contribution is 6.28. The number of hydrogen-bond acceptors (Lipinski definition) is 5. The van der Waals surface area contributed by atoms with Crippen molar-refractivity contribution in [3.8, 4) is 6.01 Å². The zero-order valence-electron chi connectivity index (χ0n) is 14.2. The van der Waals surface area contributed by atoms with Gasteiger partial charge in [-0.2, -0.15) is 15.0 Å². The third-order valence-electron chi connectivity index (χ3n) is 4.36. The topological polar surface area (TPSA) is 75.7 Å². The highest BCUT2D eigenvalue weighted by atomic mass is 35.5. The second-order valence-corrected chi connectivity index (χ2v) is 6.93. The fourth-order valence-corrected chi connectivity index (χ4v) is 3.49. The molecule has 6 nitrogen and oxygen atoms in total. The number of nitrogens with zero attached hydrogens (tertiary/aromatic N) is 3. The van der Waals surface area contributed by atoms with Crippen LogP contribution in [0.1, 0.15) is 31.5 Å². The molecule has 2 heterocycles. The zero-order chi connectivity index (χ0) is 17.4. The average molecular weight is 358 g/mol. The Bertz CT molecular complexity index is 908. The lowest BCUT2D eigenvalue weighted by atomic mass is 9.91. The van der Waals surface area contributed by atoms with Gasteiger partial charge in [-0.3, -0.25) is 0 Å². The number of benzene rings is 1. The van der Waals surface area contributed by atoms with E-state index in [0.29, 0.717) is 5.95 Å². The number of hydrogen-bond donors (Lipinski definition) is 2. The Morgan fingerprint density at radius 1 is 1.24 bits per heavy atom. The van der Waals surface area contributed by atoms with E-state index in [1.165, 1.54) is 22.2 Å². The number of aromatic amines is 1. The van der Waals surface area contributed by atoms with Crippen LogP contribution in [0.25, 0.3) is 10.9 Å². The maximum atomic E-state index is 6.01. The van der Waals surface area contributed by atoms with E-state index in [0.717, 1.165) is 19.3 Å². The minimum absolute atomic E-state index is 0.0187. The van der Waals surface area contributed by atoms with Gasteiger partial charge in [0.25, 0.3) is 0 Å². The molecule has 7 heteroatoms. The third-order valence-corrected chi connectivity index (χ3v) is 4.53. The molecule has 1 aliphatic carbocycles. The van der Waals surface area contributed by atoms with Crippen molar-refractivity contribution in [1.82, 2.24) is 19.9 Å². The maximum absolute atomic E-state index is 6.01. The van der Waals surface area contributed by atoms with Crippen molar-refractivity contribution in [2.75, 3.05) is 5.32 Å². The van der Waals surface area contributed by atoms with Gasteiger partial charge in [0.2, 0.25) is 11.2 Å². The van der Waals surface area contributed by atoms with Crippen LogP contribution in [-0.4, -0.2) is 32.1 Å². The first kappa shape index (κ1) is 16.1. The molecule has 0 spiro atoms. The van der Waals surface area contributed by atoms with Crippen molar-refractivity contribution in [3.63, 3.8) is 0 Å². The summed E-state index contributed by atoms with van der Waals surface area (Å²) in [5.74, 6) is 0.462. The summed E-state index contributed by atoms with van der Waals surface area (Å²) in [4.78, 5) is 16.1. The summed E-state index contributed by atoms with van der Waals surface area (Å²) >= 11 is 6.01. The number of fused-ring (bicyclic) bond motifs is 3. The lowest BCUT2D eigenvalue weighted by Gasteiger charge is -2.23. The van der Waals surface area contributed by atoms with E-state index in [-0.39, 0.29) is 23.4 Å². The first-order valence-electron chi connectivity index (χ1n) is 8.51. The minimum atomic E-state index is -0.0187. The Hall–Kier alpha value is -2.34. The molecule has 0 fully saturated rings. The fraction of sp³-hybridized carbons (Fsp3) is 0.389. The van der Waals surface area contributed by atoms with Gasteiger partial charge >= 0.3 is 6.01 Å². The van der Waals surface area contributed by atoms with Crippen molar-refractivity contribution >= 4 is 28.5 Å². The first-order chi connectivity index (χ1) is 12.1. The van der Waals surface area contributed by atoms with Crippen molar-refractivity contribution in [1.29, 1.82) is 0 Å². The number of nitrogens with one attached hydrogen (secondary N) is 2. The molecule has 1 aliphatic rings. The number of aryl methyl sites for hydroxylation is 1. The molecule has 0 saturated carbocycles. The normalized spacial score (nSPS) is 16.9. The van der Waals surface area contributed by atoms with E-state index < -0.39 is 0 Å². The second kappa shape index (κ2) is 6.52. The molecule has 0 aliphatic heterocycles. The van der Waals surface area contributed by atoms with Gasteiger partial charge in [0.15, 0.2) is 0 Å². The molecule has 2 aromatic heterocycles. The largest absolute Gasteiger partial charge is 0.461 e. The Morgan fingerprint density at radius 3 is 2.92 bits per heavy atom. The Labute approximate surface area is 151 Å². The van der Waals surface area contributed by atoms with Crippen LogP contribution in [-0.2, 0) is 12.8 Å². The second-order valence-electron chi connectivity index (χ2n) is 6.59. The van der Waals surface area contributed by atoms with Gasteiger partial charge in [-0.1, -0.05) is 18.2 Å². The number of halogens is 1. The van der Waals surface area contributed by atoms with Gasteiger partial charge in [0.1, 0.15) is 0 Å². The van der Waals surface area contributed by atoms with E-state index >= 15 is 0 Å². The number of anilines is 1. The first-order valence-corrected chi connectivity index (χ1v) is 8.89. The molecule has 3 aromatic rings. The summed E-state index contributed by atoms with van der Waals surface area (Å²) in [6.07, 6.45) is 2.90. The average Bonchev–Trinajstić information content (AvgIpc) is 2.92. The maximum Gasteiger partial charge on any atom is 0.322 e. The fourth-order valence-electron chi connectivity index (χ4n) is 3.34. The molecular formula is C18H20ClN5O. The Kier molecular flexibility index (Phi) is 4.21. The van der Waals surface area contributed by atoms with E-state index in [2.05, 4.69) is 49.5 Å². The van der Waals surface area contributed by atoms with Crippen LogP contribution in [0.4, 0.5) is 5.95 Å². The summed E-state index contributed by atoms with van der Waals surface area (Å²) < 4.78 is 5.53. The minimum Gasteiger partial charge on any atom is -0.461 e. The van der Waals surface area contributed by atoms with Crippen LogP contribution in [0.2, 0.25) is 5.28 Å². The number of H-pyrrole nitrogens is 1. The number of aromatic nitrogens is 4. The van der Waals surface area contributed by atoms with Gasteiger partial charge in [-0.25, -0.2) is 0 Å². The van der Waals surface area contributed by atoms with E-state index in [1.807, 2.05) is 13.8 Å². The predicted molar refractivity (Wildman–Crippen MR) is 98.3 cm³/mol. The van der Waals surface area contributed by atoms with Gasteiger partial charge < -0.3 is 15.0 Å². The van der Waals surface area contributed by atoms with Crippen LogP contribution in [0.5, 0.6) is 6.01 Å². The summed E-state index contributed by atoms with van der Waals surface area (Å²) in [6.45, 7) is 3.84. The summed E-state index contributed by atoms with van der Waals surface area (Å²) in [6, 6.07) is 8.93. The van der Waals surface area contributed by atoms with Crippen LogP contribution in [0, 0.1) is 0 Å². The van der Waals surface area contributed by atoms with Gasteiger partial charge in [-0.05, 0) is 56.3 Å². The van der Waals surface area contributed by atoms with Crippen molar-refractivity contribution in [2.45, 2.75) is 45.3 Å². The number of para-hydroxylation sites is 1. The lowest BCUT2D eigenvalue weighted by Crippen LogP contribution is -2.28. The predicted octanol–water partition coefficient (Wildman–Crippen LogP) is 3.76. The van der Waals surface area contributed by atoms with E-state index in [1.54, 1.807) is 0 Å². The molecule has 1 atom stereocenters. The van der Waals surface area contributed by atoms with Gasteiger partial charge in [0, 0.05) is 22.6 Å². The molecule has 0 radical (unpaired) electrons. The summed E-state index contributed by atoms with van der Waals surface area (Å²) in [5, 5.41) is 4.82. The molecule has 1 aromatic carbocycles. The van der Waals surface area contributed by atoms with Crippen molar-refractivity contribution in [2.24, 2.45) is 0 Å². The lowest BCUT2D eigenvalue weighted by molar-refractivity contribution is 0.222. The Balaban J connectivity index is 1.55. The van der Waals surface area contributed by atoms with Gasteiger partial charge in [-0.15, -0.1) is 0 Å². The SMILES string of the molecule is CC(C)Oc1nc(Cl)nc(N[C@@H]2CCc3[nH]c4ccccc4c3C2)n1. The molecule has 25 heavy (non-hydrogen) atoms. The molecule has 4 rings (SSSR count). The molecule has 130 valence electrons. The third kappa shape index (κ3) is 3.39. The Morgan fingerprint density at radius 2 is 2.08 bits per heavy atom. The number of ether oxygens (including phenoxy) is 1. The summed E-state index contributed by atoms with van der Waals surface area (Å²) in [5.41, 5.74) is 3.90. The highest BCUT2D eigenvalue weighted by Crippen LogP contribution is 2.30. The smallest absolute Gasteiger partial charge is 0.322 e. The highest BCUT2D eigenvalue weighted by Gasteiger charge is 2.23. The monoisotopic (exact) mass is 357 g/mol. The van der Waals surface area contributed by atoms with E-state index in [9.17, 15) is 0 Å². The van der Waals surface area contributed by atoms with Crippen LogP contribution in [0.3, 0.4) is 0 Å². The van der Waals surface area contributed by atoms with Crippen LogP contribution in [0.15, 0.2) is 24.3 Å². The molecule has 0 bridgehead atoms. The molecular weight excluding hydrogens is 338 g/mol. The van der Waals surface area contributed by atoms with Crippen molar-refractivity contribution in [3.05, 3.63) is 40.8 Å². The van der Waals surface area contributed by atoms with Crippen LogP contribution >= 0.6 is 11.6 Å². The van der Waals surface area contributed by atoms with E-state index in [4.69, 9.17) is 16.3 Å². The number of rotatable bonds is 4. The summed E-state index contributed by atoms with van der Waals surface area (Å²) in [7, 11) is 0. The van der Waals surface area contributed by atoms with Crippen LogP contribution < -0.4 is 10.1 Å². The standard InChI is InChI=1S/C18H20ClN5O/c1-10(2)25-18-23-16(19)22-17(24-18)20-11-7-8-15-13(9-11)12-5-3-4-6-14(12)21-15/h3-6,10-11,21H,7-9H2,1-2H3,(H,20,22,23,24)/t11-/m1/s1. The van der Waals surface area contributed by atoms with Crippen molar-refractivity contribution < 1.29 is 4.74 Å².